The van der Waals surface area contributed by atoms with Crippen LogP contribution in [0.2, 0.25) is 0 Å². The number of hydrogen-bond acceptors (Lipinski definition) is 6. The first-order valence-corrected chi connectivity index (χ1v) is 8.33. The molecule has 0 aliphatic carbocycles. The zero-order chi connectivity index (χ0) is 14.8. The van der Waals surface area contributed by atoms with Crippen molar-refractivity contribution in [2.24, 2.45) is 0 Å². The molecule has 1 saturated heterocycles. The summed E-state index contributed by atoms with van der Waals surface area (Å²) >= 11 is 6.85. The number of nitrogens with one attached hydrogen (secondary N) is 1. The molecule has 1 fully saturated rings. The molecule has 1 unspecified atom stereocenters. The summed E-state index contributed by atoms with van der Waals surface area (Å²) in [7, 11) is 0. The molecule has 1 aliphatic rings. The highest BCUT2D eigenvalue weighted by atomic mass is 79.9. The summed E-state index contributed by atoms with van der Waals surface area (Å²) in [5, 5.41) is 7.39. The van der Waals surface area contributed by atoms with Crippen molar-refractivity contribution >= 4 is 31.9 Å². The van der Waals surface area contributed by atoms with E-state index < -0.39 is 0 Å². The number of halogens is 2. The maximum Gasteiger partial charge on any atom is 0.244 e. The molecule has 112 valence electrons. The Labute approximate surface area is 139 Å². The van der Waals surface area contributed by atoms with Crippen LogP contribution in [-0.4, -0.2) is 46.2 Å². The second kappa shape index (κ2) is 6.51. The van der Waals surface area contributed by atoms with Gasteiger partial charge in [-0.05, 0) is 44.8 Å². The Morgan fingerprint density at radius 1 is 1.33 bits per heavy atom. The minimum Gasteiger partial charge on any atom is -0.337 e. The first-order chi connectivity index (χ1) is 10.1. The number of piperazine rings is 1. The maximum atomic E-state index is 5.42. The maximum absolute atomic E-state index is 5.42. The highest BCUT2D eigenvalue weighted by Crippen LogP contribution is 2.28. The van der Waals surface area contributed by atoms with Crippen LogP contribution in [0.15, 0.2) is 25.7 Å². The molecule has 0 bridgehead atoms. The van der Waals surface area contributed by atoms with Gasteiger partial charge in [-0.15, -0.1) is 0 Å². The van der Waals surface area contributed by atoms with Gasteiger partial charge in [0.15, 0.2) is 0 Å². The summed E-state index contributed by atoms with van der Waals surface area (Å²) < 4.78 is 7.16. The molecule has 1 aliphatic heterocycles. The lowest BCUT2D eigenvalue weighted by atomic mass is 10.2. The third-order valence-corrected chi connectivity index (χ3v) is 4.56. The van der Waals surface area contributed by atoms with Gasteiger partial charge in [-0.1, -0.05) is 5.16 Å². The zero-order valence-electron chi connectivity index (χ0n) is 11.5. The molecule has 1 atom stereocenters. The molecule has 0 amide bonds. The van der Waals surface area contributed by atoms with Crippen molar-refractivity contribution in [2.75, 3.05) is 26.2 Å². The number of hydrogen-bond donors (Lipinski definition) is 1. The third-order valence-electron chi connectivity index (χ3n) is 3.52. The molecular weight excluding hydrogens is 402 g/mol. The van der Waals surface area contributed by atoms with Crippen molar-refractivity contribution in [3.63, 3.8) is 0 Å². The standard InChI is InChI=1S/C13H15Br2N5O/c1-8(20-4-2-16-3-5-20)13-18-12(19-21-13)11-10(15)6-9(14)7-17-11/h6-8,16H,2-5H2,1H3. The summed E-state index contributed by atoms with van der Waals surface area (Å²) in [5.41, 5.74) is 0.681. The highest BCUT2D eigenvalue weighted by Gasteiger charge is 2.24. The van der Waals surface area contributed by atoms with Crippen LogP contribution in [0.4, 0.5) is 0 Å². The van der Waals surface area contributed by atoms with Crippen molar-refractivity contribution in [3.8, 4) is 11.5 Å². The Kier molecular flexibility index (Phi) is 4.68. The molecule has 3 rings (SSSR count). The van der Waals surface area contributed by atoms with E-state index in [1.54, 1.807) is 6.20 Å². The molecule has 0 radical (unpaired) electrons. The Balaban J connectivity index is 1.82. The van der Waals surface area contributed by atoms with Crippen molar-refractivity contribution in [1.29, 1.82) is 0 Å². The minimum absolute atomic E-state index is 0.113. The van der Waals surface area contributed by atoms with Crippen molar-refractivity contribution < 1.29 is 4.52 Å². The molecule has 8 heteroatoms. The summed E-state index contributed by atoms with van der Waals surface area (Å²) in [6, 6.07) is 2.03. The second-order valence-electron chi connectivity index (χ2n) is 4.90. The molecule has 2 aromatic heterocycles. The monoisotopic (exact) mass is 415 g/mol. The molecule has 2 aromatic rings. The summed E-state index contributed by atoms with van der Waals surface area (Å²) in [4.78, 5) is 11.2. The second-order valence-corrected chi connectivity index (χ2v) is 6.67. The van der Waals surface area contributed by atoms with E-state index in [-0.39, 0.29) is 6.04 Å². The zero-order valence-corrected chi connectivity index (χ0v) is 14.7. The normalized spacial score (nSPS) is 17.9. The van der Waals surface area contributed by atoms with E-state index >= 15 is 0 Å². The van der Waals surface area contributed by atoms with E-state index in [0.717, 1.165) is 35.1 Å². The number of aromatic nitrogens is 3. The average molecular weight is 417 g/mol. The number of pyridine rings is 1. The largest absolute Gasteiger partial charge is 0.337 e. The van der Waals surface area contributed by atoms with Crippen LogP contribution >= 0.6 is 31.9 Å². The van der Waals surface area contributed by atoms with E-state index in [4.69, 9.17) is 4.52 Å². The Morgan fingerprint density at radius 3 is 2.81 bits per heavy atom. The van der Waals surface area contributed by atoms with E-state index in [1.807, 2.05) is 6.07 Å². The lowest BCUT2D eigenvalue weighted by Gasteiger charge is -2.30. The van der Waals surface area contributed by atoms with Crippen LogP contribution in [-0.2, 0) is 0 Å². The molecule has 0 saturated carbocycles. The van der Waals surface area contributed by atoms with Gasteiger partial charge in [0.2, 0.25) is 11.7 Å². The molecule has 1 N–H and O–H groups in total. The first kappa shape index (κ1) is 15.1. The van der Waals surface area contributed by atoms with Crippen LogP contribution < -0.4 is 5.32 Å². The first-order valence-electron chi connectivity index (χ1n) is 6.75. The molecule has 0 spiro atoms. The van der Waals surface area contributed by atoms with Gasteiger partial charge in [-0.2, -0.15) is 4.98 Å². The van der Waals surface area contributed by atoms with Crippen LogP contribution in [0.3, 0.4) is 0 Å². The predicted octanol–water partition coefficient (Wildman–Crippen LogP) is 2.62. The van der Waals surface area contributed by atoms with Crippen molar-refractivity contribution in [2.45, 2.75) is 13.0 Å². The topological polar surface area (TPSA) is 67.1 Å². The Bertz CT molecular complexity index is 627. The molecular formula is C13H15Br2N5O. The SMILES string of the molecule is CC(c1nc(-c2ncc(Br)cc2Br)no1)N1CCNCC1. The van der Waals surface area contributed by atoms with Gasteiger partial charge in [-0.3, -0.25) is 9.88 Å². The highest BCUT2D eigenvalue weighted by molar-refractivity contribution is 9.11. The fourth-order valence-electron chi connectivity index (χ4n) is 2.31. The molecule has 21 heavy (non-hydrogen) atoms. The Hall–Kier alpha value is -0.830. The average Bonchev–Trinajstić information content (AvgIpc) is 2.97. The van der Waals surface area contributed by atoms with Gasteiger partial charge in [0.05, 0.1) is 6.04 Å². The van der Waals surface area contributed by atoms with E-state index in [9.17, 15) is 0 Å². The fraction of sp³-hybridized carbons (Fsp3) is 0.462. The number of rotatable bonds is 3. The van der Waals surface area contributed by atoms with Crippen LogP contribution in [0.25, 0.3) is 11.5 Å². The quantitative estimate of drug-likeness (QED) is 0.829. The van der Waals surface area contributed by atoms with Crippen LogP contribution in [0.5, 0.6) is 0 Å². The fourth-order valence-corrected chi connectivity index (χ4v) is 3.47. The van der Waals surface area contributed by atoms with Gasteiger partial charge in [-0.25, -0.2) is 0 Å². The van der Waals surface area contributed by atoms with Crippen LogP contribution in [0, 0.1) is 0 Å². The number of nitrogens with zero attached hydrogens (tertiary/aromatic N) is 4. The minimum atomic E-state index is 0.113. The predicted molar refractivity (Wildman–Crippen MR) is 85.8 cm³/mol. The lowest BCUT2D eigenvalue weighted by molar-refractivity contribution is 0.154. The van der Waals surface area contributed by atoms with Gasteiger partial charge >= 0.3 is 0 Å². The van der Waals surface area contributed by atoms with E-state index in [2.05, 4.69) is 64.1 Å². The molecule has 3 heterocycles. The summed E-state index contributed by atoms with van der Waals surface area (Å²) in [6.07, 6.45) is 1.72. The van der Waals surface area contributed by atoms with E-state index in [1.165, 1.54) is 0 Å². The van der Waals surface area contributed by atoms with Gasteiger partial charge in [0.25, 0.3) is 0 Å². The summed E-state index contributed by atoms with van der Waals surface area (Å²) in [6.45, 7) is 6.04. The van der Waals surface area contributed by atoms with Crippen molar-refractivity contribution in [1.82, 2.24) is 25.3 Å². The van der Waals surface area contributed by atoms with Gasteiger partial charge in [0, 0.05) is 41.3 Å². The van der Waals surface area contributed by atoms with Gasteiger partial charge in [0.1, 0.15) is 5.69 Å². The Morgan fingerprint density at radius 2 is 2.10 bits per heavy atom. The van der Waals surface area contributed by atoms with Crippen LogP contribution in [0.1, 0.15) is 18.9 Å². The molecule has 6 nitrogen and oxygen atoms in total. The lowest BCUT2D eigenvalue weighted by Crippen LogP contribution is -2.44. The van der Waals surface area contributed by atoms with Gasteiger partial charge < -0.3 is 9.84 Å². The van der Waals surface area contributed by atoms with E-state index in [0.29, 0.717) is 17.4 Å². The van der Waals surface area contributed by atoms with Crippen molar-refractivity contribution in [3.05, 3.63) is 27.1 Å². The summed E-state index contributed by atoms with van der Waals surface area (Å²) in [5.74, 6) is 1.13. The third kappa shape index (κ3) is 3.33. The smallest absolute Gasteiger partial charge is 0.244 e. The molecule has 0 aromatic carbocycles.